The quantitative estimate of drug-likeness (QED) is 0.163. The summed E-state index contributed by atoms with van der Waals surface area (Å²) in [6, 6.07) is -8.97. The first-order valence-electron chi connectivity index (χ1n) is 29.3. The number of nitrogens with zero attached hydrogens (tertiary/aromatic N) is 1. The zero-order valence-corrected chi connectivity index (χ0v) is 27.6. The van der Waals surface area contributed by atoms with Crippen molar-refractivity contribution >= 4 is 49.8 Å². The highest BCUT2D eigenvalue weighted by atomic mass is 16.3. The molecule has 0 N–H and O–H groups in total. The number of hydrogen-bond donors (Lipinski definition) is 0. The fourth-order valence-corrected chi connectivity index (χ4v) is 6.03. The highest BCUT2D eigenvalue weighted by Gasteiger charge is 2.20. The van der Waals surface area contributed by atoms with Gasteiger partial charge in [-0.1, -0.05) is 169 Å². The minimum absolute atomic E-state index is 0.113. The van der Waals surface area contributed by atoms with E-state index in [-0.39, 0.29) is 16.7 Å². The van der Waals surface area contributed by atoms with Gasteiger partial charge in [0.05, 0.1) is 46.7 Å². The molecule has 0 radical (unpaired) electrons. The van der Waals surface area contributed by atoms with E-state index in [2.05, 4.69) is 0 Å². The first-order valence-corrected chi connectivity index (χ1v) is 16.3. The first-order chi connectivity index (χ1) is 37.6. The summed E-state index contributed by atoms with van der Waals surface area (Å²) in [6.07, 6.45) is 0. The van der Waals surface area contributed by atoms with Crippen molar-refractivity contribution in [1.82, 2.24) is 0 Å². The monoisotopic (exact) mass is 715 g/mol. The normalized spacial score (nSPS) is 18.1. The van der Waals surface area contributed by atoms with Gasteiger partial charge in [-0.15, -0.1) is 0 Å². The lowest BCUT2D eigenvalue weighted by molar-refractivity contribution is 0.672. The van der Waals surface area contributed by atoms with Crippen molar-refractivity contribution in [2.75, 3.05) is 4.90 Å². The van der Waals surface area contributed by atoms with Crippen molar-refractivity contribution < 1.29 is 40.1 Å². The maximum atomic E-state index is 9.68. The summed E-state index contributed by atoms with van der Waals surface area (Å²) < 4.78 is 238. The number of hydrogen-bond acceptors (Lipinski definition) is 2. The Bertz CT molecular complexity index is 4080. The largest absolute Gasteiger partial charge is 0.455 e. The van der Waals surface area contributed by atoms with Gasteiger partial charge in [0.15, 0.2) is 0 Å². The van der Waals surface area contributed by atoms with Crippen molar-refractivity contribution in [2.45, 2.75) is 0 Å². The standard InChI is InChI=1S/C52H35NO/c1-3-10-36(11-4-1)38-18-22-40(23-19-38)42-26-31-45(32-27-42)53(46-33-28-43(29-34-46)41-24-20-39(21-25-41)37-12-5-2-6-13-37)49-16-9-17-50-51(49)48-35-30-44-14-7-8-15-47(44)52(48)54-50/h1-35H/i1D,2D,3D,4D,5D,6D,10D,11D,12D,13D,18D,19D,20D,21D,22D,23D,24D,25D,26D,27D,28D,29D,31D,32D,33D,34D. The molecule has 0 aliphatic rings. The third-order valence-electron chi connectivity index (χ3n) is 8.53. The van der Waals surface area contributed by atoms with Crippen molar-refractivity contribution in [3.05, 3.63) is 212 Å². The van der Waals surface area contributed by atoms with E-state index in [0.717, 1.165) is 10.3 Å². The maximum Gasteiger partial charge on any atom is 0.143 e. The summed E-state index contributed by atoms with van der Waals surface area (Å²) >= 11 is 0. The van der Waals surface area contributed by atoms with Gasteiger partial charge in [-0.2, -0.15) is 0 Å². The molecular formula is C52H35NO. The van der Waals surface area contributed by atoms with E-state index < -0.39 is 213 Å². The first kappa shape index (κ1) is 14.7. The second-order valence-corrected chi connectivity index (χ2v) is 11.7. The number of benzene rings is 9. The Balaban J connectivity index is 1.27. The molecule has 1 aromatic heterocycles. The molecule has 0 amide bonds. The summed E-state index contributed by atoms with van der Waals surface area (Å²) in [6.45, 7) is 0. The molecule has 2 nitrogen and oxygen atoms in total. The summed E-state index contributed by atoms with van der Waals surface area (Å²) in [5, 5.41) is 1.98. The maximum absolute atomic E-state index is 9.68. The van der Waals surface area contributed by atoms with E-state index in [1.165, 1.54) is 12.1 Å². The molecule has 10 aromatic rings. The molecule has 54 heavy (non-hydrogen) atoms. The predicted octanol–water partition coefficient (Wildman–Crippen LogP) is 14.9. The second-order valence-electron chi connectivity index (χ2n) is 11.7. The topological polar surface area (TPSA) is 16.4 Å². The third kappa shape index (κ3) is 5.71. The third-order valence-corrected chi connectivity index (χ3v) is 8.53. The predicted molar refractivity (Wildman–Crippen MR) is 228 cm³/mol. The van der Waals surface area contributed by atoms with Crippen LogP contribution < -0.4 is 4.90 Å². The van der Waals surface area contributed by atoms with E-state index in [0.29, 0.717) is 16.4 Å². The molecule has 0 saturated heterocycles. The molecule has 254 valence electrons. The fraction of sp³-hybridized carbons (Fsp3) is 0. The molecule has 0 aliphatic heterocycles. The summed E-state index contributed by atoms with van der Waals surface area (Å²) in [5.41, 5.74) is -7.05. The summed E-state index contributed by atoms with van der Waals surface area (Å²) in [4.78, 5) is 0.911. The van der Waals surface area contributed by atoms with Crippen LogP contribution in [0.15, 0.2) is 216 Å². The molecule has 0 saturated carbocycles. The van der Waals surface area contributed by atoms with Crippen LogP contribution in [0.3, 0.4) is 0 Å². The van der Waals surface area contributed by atoms with Crippen molar-refractivity contribution in [3.8, 4) is 44.5 Å². The smallest absolute Gasteiger partial charge is 0.143 e. The van der Waals surface area contributed by atoms with Crippen LogP contribution in [0.5, 0.6) is 0 Å². The lowest BCUT2D eigenvalue weighted by Gasteiger charge is -2.26. The van der Waals surface area contributed by atoms with Gasteiger partial charge in [-0.25, -0.2) is 0 Å². The van der Waals surface area contributed by atoms with E-state index in [9.17, 15) is 11.0 Å². The average Bonchev–Trinajstić information content (AvgIpc) is 3.99. The van der Waals surface area contributed by atoms with Crippen LogP contribution in [0.2, 0.25) is 0 Å². The molecule has 0 fully saturated rings. The Morgan fingerprint density at radius 1 is 0.370 bits per heavy atom. The number of fused-ring (bicyclic) bond motifs is 5. The SMILES string of the molecule is [2H]c1c([2H])c([2H])c(-c2c([2H])c([2H])c(-c3c([2H])c([2H])c(N(c4c([2H])c([2H])c(-c5c([2H])c([2H])c(-c6c([2H])c([2H])c([2H])c([2H])c6[2H])c([2H])c5[2H])c([2H])c4[2H])c4cccc5oc6c7ccccc7ccc6c45)c([2H])c3[2H])c([2H])c2[2H])c([2H])c1[2H]. The van der Waals surface area contributed by atoms with Gasteiger partial charge in [0.25, 0.3) is 0 Å². The zero-order chi connectivity index (χ0) is 58.5. The number of anilines is 3. The lowest BCUT2D eigenvalue weighted by Crippen LogP contribution is -2.10. The molecule has 2 heteroatoms. The highest BCUT2D eigenvalue weighted by molar-refractivity contribution is 6.19. The van der Waals surface area contributed by atoms with Gasteiger partial charge in [0.2, 0.25) is 0 Å². The van der Waals surface area contributed by atoms with Gasteiger partial charge in [0.1, 0.15) is 11.2 Å². The minimum atomic E-state index is -1.01. The van der Waals surface area contributed by atoms with Gasteiger partial charge >= 0.3 is 0 Å². The van der Waals surface area contributed by atoms with Gasteiger partial charge in [-0.05, 0) is 92.3 Å². The molecule has 0 unspecified atom stereocenters. The zero-order valence-electron chi connectivity index (χ0n) is 53.6. The molecule has 0 spiro atoms. The van der Waals surface area contributed by atoms with Crippen molar-refractivity contribution in [3.63, 3.8) is 0 Å². The Labute approximate surface area is 351 Å². The van der Waals surface area contributed by atoms with Crippen LogP contribution >= 0.6 is 0 Å². The van der Waals surface area contributed by atoms with Crippen LogP contribution in [0.4, 0.5) is 17.1 Å². The van der Waals surface area contributed by atoms with Crippen molar-refractivity contribution in [1.29, 1.82) is 0 Å². The number of rotatable bonds is 7. The average molecular weight is 716 g/mol. The van der Waals surface area contributed by atoms with Crippen LogP contribution in [-0.4, -0.2) is 0 Å². The van der Waals surface area contributed by atoms with E-state index in [1.807, 2.05) is 6.07 Å². The Morgan fingerprint density at radius 2 is 0.815 bits per heavy atom. The molecule has 0 atom stereocenters. The summed E-state index contributed by atoms with van der Waals surface area (Å²) in [7, 11) is 0. The van der Waals surface area contributed by atoms with Crippen LogP contribution in [0.25, 0.3) is 77.2 Å². The summed E-state index contributed by atoms with van der Waals surface area (Å²) in [5.74, 6) is 0. The minimum Gasteiger partial charge on any atom is -0.455 e. The Hall–Kier alpha value is -7.16. The number of furan rings is 1. The van der Waals surface area contributed by atoms with E-state index in [4.69, 9.17) is 29.1 Å². The van der Waals surface area contributed by atoms with Gasteiger partial charge in [0, 0.05) is 22.1 Å². The molecular weight excluding hydrogens is 655 g/mol. The van der Waals surface area contributed by atoms with E-state index >= 15 is 0 Å². The highest BCUT2D eigenvalue weighted by Crippen LogP contribution is 2.45. The molecule has 1 heterocycles. The van der Waals surface area contributed by atoms with Crippen LogP contribution in [0.1, 0.15) is 35.6 Å². The van der Waals surface area contributed by atoms with Gasteiger partial charge < -0.3 is 9.32 Å². The lowest BCUT2D eigenvalue weighted by atomic mass is 9.99. The molecule has 0 bridgehead atoms. The van der Waals surface area contributed by atoms with Gasteiger partial charge in [-0.3, -0.25) is 0 Å². The molecule has 10 rings (SSSR count). The van der Waals surface area contributed by atoms with Crippen LogP contribution in [-0.2, 0) is 0 Å². The Kier molecular flexibility index (Phi) is 3.65. The Morgan fingerprint density at radius 3 is 1.31 bits per heavy atom. The fourth-order valence-electron chi connectivity index (χ4n) is 6.03. The molecule has 9 aromatic carbocycles. The van der Waals surface area contributed by atoms with E-state index in [1.54, 1.807) is 36.4 Å². The van der Waals surface area contributed by atoms with Crippen molar-refractivity contribution in [2.24, 2.45) is 0 Å². The molecule has 0 aliphatic carbocycles. The second kappa shape index (κ2) is 13.4. The van der Waals surface area contributed by atoms with Crippen LogP contribution in [0, 0.1) is 0 Å².